The summed E-state index contributed by atoms with van der Waals surface area (Å²) in [4.78, 5) is 6.60. The van der Waals surface area contributed by atoms with Crippen LogP contribution in [-0.4, -0.2) is 21.6 Å². The van der Waals surface area contributed by atoms with Crippen LogP contribution < -0.4 is 11.5 Å². The maximum Gasteiger partial charge on any atom is 0.211 e. The van der Waals surface area contributed by atoms with Crippen LogP contribution in [-0.2, 0) is 0 Å². The maximum absolute atomic E-state index is 5.25. The SMILES string of the molecule is NC(N)=N/N=C/c1c(-c2cccs2)nc2sccn12. The van der Waals surface area contributed by atoms with E-state index in [1.54, 1.807) is 28.9 Å². The minimum atomic E-state index is -0.0694. The summed E-state index contributed by atoms with van der Waals surface area (Å²) >= 11 is 3.20. The van der Waals surface area contributed by atoms with Gasteiger partial charge in [-0.2, -0.15) is 5.10 Å². The molecule has 6 nitrogen and oxygen atoms in total. The molecule has 8 heteroatoms. The largest absolute Gasteiger partial charge is 0.369 e. The summed E-state index contributed by atoms with van der Waals surface area (Å²) < 4.78 is 1.96. The summed E-state index contributed by atoms with van der Waals surface area (Å²) in [5.41, 5.74) is 12.3. The lowest BCUT2D eigenvalue weighted by molar-refractivity contribution is 1.18. The third-order valence-electron chi connectivity index (χ3n) is 2.41. The molecule has 0 aromatic carbocycles. The van der Waals surface area contributed by atoms with Crippen molar-refractivity contribution in [2.24, 2.45) is 21.7 Å². The van der Waals surface area contributed by atoms with Gasteiger partial charge in [-0.3, -0.25) is 4.40 Å². The van der Waals surface area contributed by atoms with Crippen LogP contribution in [0.5, 0.6) is 0 Å². The monoisotopic (exact) mass is 290 g/mol. The Bertz CT molecular complexity index is 745. The number of guanidine groups is 1. The van der Waals surface area contributed by atoms with Crippen molar-refractivity contribution in [3.63, 3.8) is 0 Å². The molecule has 4 N–H and O–H groups in total. The van der Waals surface area contributed by atoms with E-state index in [1.165, 1.54) is 0 Å². The number of nitrogens with two attached hydrogens (primary N) is 2. The van der Waals surface area contributed by atoms with Crippen LogP contribution in [0.4, 0.5) is 0 Å². The van der Waals surface area contributed by atoms with E-state index in [4.69, 9.17) is 11.5 Å². The van der Waals surface area contributed by atoms with E-state index < -0.39 is 0 Å². The van der Waals surface area contributed by atoms with Crippen LogP contribution in [0, 0.1) is 0 Å². The summed E-state index contributed by atoms with van der Waals surface area (Å²) in [6.45, 7) is 0. The number of hydrogen-bond donors (Lipinski definition) is 2. The summed E-state index contributed by atoms with van der Waals surface area (Å²) in [6.07, 6.45) is 3.56. The van der Waals surface area contributed by atoms with Gasteiger partial charge in [-0.15, -0.1) is 27.8 Å². The van der Waals surface area contributed by atoms with Crippen LogP contribution in [0.15, 0.2) is 39.3 Å². The molecule has 0 saturated heterocycles. The molecule has 0 radical (unpaired) electrons. The number of thiazole rings is 1. The van der Waals surface area contributed by atoms with Gasteiger partial charge >= 0.3 is 0 Å². The van der Waals surface area contributed by atoms with Crippen molar-refractivity contribution in [3.05, 3.63) is 34.8 Å². The van der Waals surface area contributed by atoms with E-state index in [1.807, 2.05) is 33.5 Å². The molecular weight excluding hydrogens is 280 g/mol. The predicted octanol–water partition coefficient (Wildman–Crippen LogP) is 1.73. The topological polar surface area (TPSA) is 94.1 Å². The van der Waals surface area contributed by atoms with Crippen LogP contribution in [0.3, 0.4) is 0 Å². The lowest BCUT2D eigenvalue weighted by Gasteiger charge is -1.94. The number of nitrogens with zero attached hydrogens (tertiary/aromatic N) is 4. The second-order valence-corrected chi connectivity index (χ2v) is 5.47. The third-order valence-corrected chi connectivity index (χ3v) is 4.04. The number of imidazole rings is 1. The average molecular weight is 290 g/mol. The smallest absolute Gasteiger partial charge is 0.211 e. The number of aromatic nitrogens is 2. The maximum atomic E-state index is 5.25. The second kappa shape index (κ2) is 4.82. The molecular formula is C11H10N6S2. The number of rotatable bonds is 3. The molecule has 0 bridgehead atoms. The summed E-state index contributed by atoms with van der Waals surface area (Å²) in [5, 5.41) is 11.5. The quantitative estimate of drug-likeness (QED) is 0.437. The van der Waals surface area contributed by atoms with E-state index in [0.29, 0.717) is 0 Å². The Kier molecular flexibility index (Phi) is 3.02. The number of fused-ring (bicyclic) bond motifs is 1. The normalized spacial score (nSPS) is 11.4. The van der Waals surface area contributed by atoms with E-state index in [-0.39, 0.29) is 5.96 Å². The minimum Gasteiger partial charge on any atom is -0.369 e. The highest BCUT2D eigenvalue weighted by molar-refractivity contribution is 7.15. The first-order chi connectivity index (χ1) is 9.25. The predicted molar refractivity (Wildman–Crippen MR) is 79.8 cm³/mol. The van der Waals surface area contributed by atoms with Crippen molar-refractivity contribution in [2.75, 3.05) is 0 Å². The minimum absolute atomic E-state index is 0.0694. The van der Waals surface area contributed by atoms with Crippen molar-refractivity contribution in [1.29, 1.82) is 0 Å². The van der Waals surface area contributed by atoms with Crippen LogP contribution in [0.1, 0.15) is 5.69 Å². The van der Waals surface area contributed by atoms with Crippen LogP contribution >= 0.6 is 22.7 Å². The zero-order valence-corrected chi connectivity index (χ0v) is 11.4. The van der Waals surface area contributed by atoms with Crippen LogP contribution in [0.25, 0.3) is 15.5 Å². The Hall–Kier alpha value is -2.19. The lowest BCUT2D eigenvalue weighted by atomic mass is 10.3. The lowest BCUT2D eigenvalue weighted by Crippen LogP contribution is -2.21. The molecule has 0 amide bonds. The zero-order chi connectivity index (χ0) is 13.2. The molecule has 0 unspecified atom stereocenters. The third kappa shape index (κ3) is 2.23. The molecule has 3 rings (SSSR count). The van der Waals surface area contributed by atoms with E-state index in [2.05, 4.69) is 15.2 Å². The molecule has 0 fully saturated rings. The van der Waals surface area contributed by atoms with Gasteiger partial charge in [0.15, 0.2) is 4.96 Å². The fraction of sp³-hybridized carbons (Fsp3) is 0. The Labute approximate surface area is 116 Å². The Balaban J connectivity index is 2.14. The molecule has 19 heavy (non-hydrogen) atoms. The van der Waals surface area contributed by atoms with Crippen molar-refractivity contribution < 1.29 is 0 Å². The van der Waals surface area contributed by atoms with Gasteiger partial charge in [0, 0.05) is 11.6 Å². The fourth-order valence-electron chi connectivity index (χ4n) is 1.67. The highest BCUT2D eigenvalue weighted by atomic mass is 32.1. The first-order valence-electron chi connectivity index (χ1n) is 5.37. The molecule has 3 aromatic rings. The molecule has 96 valence electrons. The Morgan fingerprint density at radius 3 is 2.95 bits per heavy atom. The molecule has 0 saturated carbocycles. The van der Waals surface area contributed by atoms with Gasteiger partial charge in [-0.05, 0) is 11.4 Å². The molecule has 0 aliphatic carbocycles. The van der Waals surface area contributed by atoms with Gasteiger partial charge < -0.3 is 11.5 Å². The zero-order valence-electron chi connectivity index (χ0n) is 9.72. The first kappa shape index (κ1) is 11.9. The fourth-order valence-corrected chi connectivity index (χ4v) is 3.12. The van der Waals surface area contributed by atoms with Gasteiger partial charge in [-0.25, -0.2) is 4.98 Å². The molecule has 0 aliphatic heterocycles. The second-order valence-electron chi connectivity index (χ2n) is 3.65. The van der Waals surface area contributed by atoms with Gasteiger partial charge in [0.05, 0.1) is 16.8 Å². The average Bonchev–Trinajstić information content (AvgIpc) is 3.03. The van der Waals surface area contributed by atoms with E-state index >= 15 is 0 Å². The molecule has 3 aromatic heterocycles. The Morgan fingerprint density at radius 1 is 1.32 bits per heavy atom. The van der Waals surface area contributed by atoms with Crippen molar-refractivity contribution >= 4 is 39.8 Å². The summed E-state index contributed by atoms with van der Waals surface area (Å²) in [5.74, 6) is -0.0694. The van der Waals surface area contributed by atoms with Gasteiger partial charge in [0.1, 0.15) is 5.69 Å². The van der Waals surface area contributed by atoms with Crippen molar-refractivity contribution in [2.45, 2.75) is 0 Å². The van der Waals surface area contributed by atoms with Crippen LogP contribution in [0.2, 0.25) is 0 Å². The summed E-state index contributed by atoms with van der Waals surface area (Å²) in [6, 6.07) is 4.01. The standard InChI is InChI=1S/C11H10N6S2/c12-10(13)16-14-6-7-9(8-2-1-4-18-8)15-11-17(7)3-5-19-11/h1-6H,(H4,12,13,16)/b14-6+. The van der Waals surface area contributed by atoms with Gasteiger partial charge in [0.2, 0.25) is 5.96 Å². The number of thiophene rings is 1. The number of hydrogen-bond acceptors (Lipinski definition) is 5. The van der Waals surface area contributed by atoms with Crippen molar-refractivity contribution in [1.82, 2.24) is 9.38 Å². The highest BCUT2D eigenvalue weighted by Crippen LogP contribution is 2.28. The van der Waals surface area contributed by atoms with Crippen molar-refractivity contribution in [3.8, 4) is 10.6 Å². The van der Waals surface area contributed by atoms with Gasteiger partial charge in [0.25, 0.3) is 0 Å². The highest BCUT2D eigenvalue weighted by Gasteiger charge is 2.13. The summed E-state index contributed by atoms with van der Waals surface area (Å²) in [7, 11) is 0. The molecule has 3 heterocycles. The van der Waals surface area contributed by atoms with E-state index in [0.717, 1.165) is 21.2 Å². The molecule has 0 aliphatic rings. The Morgan fingerprint density at radius 2 is 2.21 bits per heavy atom. The first-order valence-corrected chi connectivity index (χ1v) is 7.13. The molecule has 0 spiro atoms. The van der Waals surface area contributed by atoms with Gasteiger partial charge in [-0.1, -0.05) is 6.07 Å². The van der Waals surface area contributed by atoms with E-state index in [9.17, 15) is 0 Å². The molecule has 0 atom stereocenters.